The number of aliphatic hydroxyl groups is 1. The number of likely N-dealkylation sites (tertiary alicyclic amines) is 1. The van der Waals surface area contributed by atoms with Crippen molar-refractivity contribution in [3.8, 4) is 5.75 Å². The first-order chi connectivity index (χ1) is 15.6. The van der Waals surface area contributed by atoms with Crippen molar-refractivity contribution in [2.24, 2.45) is 0 Å². The second-order valence-electron chi connectivity index (χ2n) is 8.85. The standard InChI is InChI=1S/C26H31BrN2O4/c1-16(2)33-21-11-10-19(14-17(21)3)24(30)22-23(18-8-6-9-20(27)15-18)29(26(32)25(22)31)13-7-12-28(4)5/h6,8-11,14-16,23,30H,7,12-13H2,1-5H3/t23-/m0/s1. The average Bonchev–Trinajstić information content (AvgIpc) is 2.99. The van der Waals surface area contributed by atoms with Crippen LogP contribution in [-0.2, 0) is 9.59 Å². The van der Waals surface area contributed by atoms with Crippen LogP contribution in [0.5, 0.6) is 5.75 Å². The Bertz CT molecular complexity index is 1080. The van der Waals surface area contributed by atoms with Gasteiger partial charge in [0.05, 0.1) is 17.7 Å². The molecule has 1 N–H and O–H groups in total. The van der Waals surface area contributed by atoms with Crippen molar-refractivity contribution in [1.82, 2.24) is 9.80 Å². The lowest BCUT2D eigenvalue weighted by Gasteiger charge is -2.26. The van der Waals surface area contributed by atoms with Crippen molar-refractivity contribution in [3.63, 3.8) is 0 Å². The quantitative estimate of drug-likeness (QED) is 0.307. The molecule has 1 heterocycles. The number of Topliss-reactive ketones (excluding diaryl/α,β-unsaturated/α-hetero) is 1. The minimum Gasteiger partial charge on any atom is -0.507 e. The molecule has 2 aromatic carbocycles. The van der Waals surface area contributed by atoms with Crippen LogP contribution in [0.15, 0.2) is 52.5 Å². The van der Waals surface area contributed by atoms with E-state index in [1.807, 2.05) is 64.0 Å². The molecule has 0 saturated carbocycles. The fourth-order valence-corrected chi connectivity index (χ4v) is 4.45. The Morgan fingerprint density at radius 3 is 2.52 bits per heavy atom. The number of benzene rings is 2. The van der Waals surface area contributed by atoms with Crippen molar-refractivity contribution in [2.45, 2.75) is 39.3 Å². The molecule has 6 nitrogen and oxygen atoms in total. The molecule has 2 aromatic rings. The average molecular weight is 515 g/mol. The summed E-state index contributed by atoms with van der Waals surface area (Å²) in [6.45, 7) is 6.98. The fourth-order valence-electron chi connectivity index (χ4n) is 4.03. The van der Waals surface area contributed by atoms with Gasteiger partial charge >= 0.3 is 0 Å². The fraction of sp³-hybridized carbons (Fsp3) is 0.385. The first-order valence-corrected chi connectivity index (χ1v) is 11.9. The highest BCUT2D eigenvalue weighted by Gasteiger charge is 2.45. The van der Waals surface area contributed by atoms with Crippen molar-refractivity contribution in [3.05, 3.63) is 69.2 Å². The monoisotopic (exact) mass is 514 g/mol. The van der Waals surface area contributed by atoms with E-state index in [9.17, 15) is 14.7 Å². The van der Waals surface area contributed by atoms with E-state index >= 15 is 0 Å². The Labute approximate surface area is 204 Å². The summed E-state index contributed by atoms with van der Waals surface area (Å²) in [4.78, 5) is 29.8. The highest BCUT2D eigenvalue weighted by atomic mass is 79.9. The van der Waals surface area contributed by atoms with Crippen LogP contribution in [0.3, 0.4) is 0 Å². The summed E-state index contributed by atoms with van der Waals surface area (Å²) >= 11 is 3.48. The van der Waals surface area contributed by atoms with Crippen LogP contribution >= 0.6 is 15.9 Å². The number of rotatable bonds is 8. The lowest BCUT2D eigenvalue weighted by molar-refractivity contribution is -0.139. The number of ether oxygens (including phenoxy) is 1. The molecule has 7 heteroatoms. The van der Waals surface area contributed by atoms with Gasteiger partial charge in [-0.25, -0.2) is 0 Å². The molecule has 0 unspecified atom stereocenters. The molecule has 1 saturated heterocycles. The van der Waals surface area contributed by atoms with Gasteiger partial charge in [0, 0.05) is 16.6 Å². The summed E-state index contributed by atoms with van der Waals surface area (Å²) in [5.41, 5.74) is 2.20. The van der Waals surface area contributed by atoms with Gasteiger partial charge in [-0.15, -0.1) is 0 Å². The predicted molar refractivity (Wildman–Crippen MR) is 133 cm³/mol. The van der Waals surface area contributed by atoms with Gasteiger partial charge < -0.3 is 19.6 Å². The summed E-state index contributed by atoms with van der Waals surface area (Å²) < 4.78 is 6.63. The zero-order chi connectivity index (χ0) is 24.3. The van der Waals surface area contributed by atoms with E-state index in [1.54, 1.807) is 23.1 Å². The zero-order valence-corrected chi connectivity index (χ0v) is 21.3. The van der Waals surface area contributed by atoms with Gasteiger partial charge in [0.15, 0.2) is 0 Å². The molecule has 1 fully saturated rings. The Hall–Kier alpha value is -2.64. The number of carbonyl (C=O) groups is 2. The third-order valence-electron chi connectivity index (χ3n) is 5.52. The number of nitrogens with zero attached hydrogens (tertiary/aromatic N) is 2. The number of aryl methyl sites for hydroxylation is 1. The predicted octanol–water partition coefficient (Wildman–Crippen LogP) is 4.92. The van der Waals surface area contributed by atoms with Crippen molar-refractivity contribution in [2.75, 3.05) is 27.2 Å². The topological polar surface area (TPSA) is 70.1 Å². The second kappa shape index (κ2) is 10.5. The highest BCUT2D eigenvalue weighted by Crippen LogP contribution is 2.40. The number of amides is 1. The van der Waals surface area contributed by atoms with Gasteiger partial charge in [-0.3, -0.25) is 9.59 Å². The van der Waals surface area contributed by atoms with E-state index in [-0.39, 0.29) is 17.4 Å². The smallest absolute Gasteiger partial charge is 0.295 e. The summed E-state index contributed by atoms with van der Waals surface area (Å²) in [6, 6.07) is 12.1. The van der Waals surface area contributed by atoms with E-state index in [2.05, 4.69) is 15.9 Å². The number of aliphatic hydroxyl groups excluding tert-OH is 1. The molecule has 0 bridgehead atoms. The number of halogens is 1. The van der Waals surface area contributed by atoms with Crippen molar-refractivity contribution < 1.29 is 19.4 Å². The van der Waals surface area contributed by atoms with Gasteiger partial charge in [-0.05, 0) is 89.3 Å². The van der Waals surface area contributed by atoms with Gasteiger partial charge in [-0.2, -0.15) is 0 Å². The Kier molecular flexibility index (Phi) is 7.97. The van der Waals surface area contributed by atoms with Gasteiger partial charge in [0.2, 0.25) is 0 Å². The first kappa shape index (κ1) is 25.0. The lowest BCUT2D eigenvalue weighted by atomic mass is 9.94. The molecule has 1 aliphatic heterocycles. The minimum absolute atomic E-state index is 0.0205. The van der Waals surface area contributed by atoms with Crippen LogP contribution in [0.25, 0.3) is 5.76 Å². The van der Waals surface area contributed by atoms with Crippen molar-refractivity contribution >= 4 is 33.4 Å². The molecular weight excluding hydrogens is 484 g/mol. The maximum atomic E-state index is 13.1. The van der Waals surface area contributed by atoms with E-state index in [0.29, 0.717) is 24.3 Å². The van der Waals surface area contributed by atoms with Crippen LogP contribution in [0.4, 0.5) is 0 Å². The van der Waals surface area contributed by atoms with Crippen LogP contribution in [0.2, 0.25) is 0 Å². The summed E-state index contributed by atoms with van der Waals surface area (Å²) in [5.74, 6) is -0.707. The Morgan fingerprint density at radius 1 is 1.18 bits per heavy atom. The molecule has 176 valence electrons. The maximum Gasteiger partial charge on any atom is 0.295 e. The molecule has 0 aliphatic carbocycles. The Morgan fingerprint density at radius 2 is 1.91 bits per heavy atom. The van der Waals surface area contributed by atoms with Gasteiger partial charge in [0.25, 0.3) is 11.7 Å². The van der Waals surface area contributed by atoms with E-state index in [4.69, 9.17) is 4.74 Å². The third-order valence-corrected chi connectivity index (χ3v) is 6.01. The molecule has 0 radical (unpaired) electrons. The molecule has 1 atom stereocenters. The zero-order valence-electron chi connectivity index (χ0n) is 19.8. The molecule has 0 aromatic heterocycles. The second-order valence-corrected chi connectivity index (χ2v) is 9.77. The van der Waals surface area contributed by atoms with Gasteiger partial charge in [0.1, 0.15) is 11.5 Å². The number of ketones is 1. The molecule has 0 spiro atoms. The molecule has 3 rings (SSSR count). The van der Waals surface area contributed by atoms with E-state index in [0.717, 1.165) is 22.1 Å². The number of carbonyl (C=O) groups excluding carboxylic acids is 2. The van der Waals surface area contributed by atoms with Crippen LogP contribution in [0, 0.1) is 6.92 Å². The summed E-state index contributed by atoms with van der Waals surface area (Å²) in [5, 5.41) is 11.3. The molecule has 1 amide bonds. The maximum absolute atomic E-state index is 13.1. The van der Waals surface area contributed by atoms with Crippen LogP contribution in [-0.4, -0.2) is 59.9 Å². The summed E-state index contributed by atoms with van der Waals surface area (Å²) in [6.07, 6.45) is 0.734. The van der Waals surface area contributed by atoms with Crippen LogP contribution < -0.4 is 4.74 Å². The number of hydrogen-bond donors (Lipinski definition) is 1. The van der Waals surface area contributed by atoms with Gasteiger partial charge in [-0.1, -0.05) is 28.1 Å². The molecular formula is C26H31BrN2O4. The number of hydrogen-bond acceptors (Lipinski definition) is 5. The molecule has 33 heavy (non-hydrogen) atoms. The SMILES string of the molecule is Cc1cc(C(O)=C2C(=O)C(=O)N(CCCN(C)C)[C@H]2c2cccc(Br)c2)ccc1OC(C)C. The first-order valence-electron chi connectivity index (χ1n) is 11.1. The summed E-state index contributed by atoms with van der Waals surface area (Å²) in [7, 11) is 3.93. The van der Waals surface area contributed by atoms with Crippen LogP contribution in [0.1, 0.15) is 43.0 Å². The molecule has 1 aliphatic rings. The lowest BCUT2D eigenvalue weighted by Crippen LogP contribution is -2.32. The van der Waals surface area contributed by atoms with E-state index < -0.39 is 17.7 Å². The van der Waals surface area contributed by atoms with Crippen molar-refractivity contribution in [1.29, 1.82) is 0 Å². The van der Waals surface area contributed by atoms with E-state index in [1.165, 1.54) is 0 Å². The highest BCUT2D eigenvalue weighted by molar-refractivity contribution is 9.10. The minimum atomic E-state index is -0.664. The normalized spacial score (nSPS) is 17.9. The largest absolute Gasteiger partial charge is 0.507 e. The third kappa shape index (κ3) is 5.65. The Balaban J connectivity index is 2.08.